The highest BCUT2D eigenvalue weighted by molar-refractivity contribution is 5.83. The third-order valence-electron chi connectivity index (χ3n) is 2.80. The number of hydrogen-bond acceptors (Lipinski definition) is 3. The van der Waals surface area contributed by atoms with Crippen LogP contribution in [0, 0.1) is 13.8 Å². The third-order valence-corrected chi connectivity index (χ3v) is 2.80. The van der Waals surface area contributed by atoms with Gasteiger partial charge in [-0.25, -0.2) is 5.43 Å². The Bertz CT molecular complexity index is 651. The van der Waals surface area contributed by atoms with E-state index in [0.29, 0.717) is 5.75 Å². The monoisotopic (exact) mass is 282 g/mol. The molecule has 0 aliphatic heterocycles. The molecule has 0 radical (unpaired) electrons. The van der Waals surface area contributed by atoms with Crippen molar-refractivity contribution >= 4 is 12.1 Å². The Morgan fingerprint density at radius 2 is 1.86 bits per heavy atom. The molecule has 0 bridgehead atoms. The van der Waals surface area contributed by atoms with E-state index >= 15 is 0 Å². The number of ether oxygens (including phenoxy) is 1. The Kier molecular flexibility index (Phi) is 5.10. The fraction of sp³-hybridized carbons (Fsp3) is 0.176. The van der Waals surface area contributed by atoms with Crippen LogP contribution in [0.15, 0.2) is 53.6 Å². The lowest BCUT2D eigenvalue weighted by molar-refractivity contribution is -0.123. The third kappa shape index (κ3) is 5.10. The predicted molar refractivity (Wildman–Crippen MR) is 83.6 cm³/mol. The molecule has 0 aromatic heterocycles. The molecule has 0 saturated carbocycles. The molecular weight excluding hydrogens is 264 g/mol. The lowest BCUT2D eigenvalue weighted by atomic mass is 10.2. The molecule has 4 nitrogen and oxygen atoms in total. The van der Waals surface area contributed by atoms with Crippen LogP contribution in [-0.2, 0) is 4.79 Å². The van der Waals surface area contributed by atoms with Crippen molar-refractivity contribution in [3.8, 4) is 5.75 Å². The average Bonchev–Trinajstić information content (AvgIpc) is 2.45. The molecular formula is C17H18N2O2. The van der Waals surface area contributed by atoms with Crippen molar-refractivity contribution in [2.75, 3.05) is 6.61 Å². The maximum atomic E-state index is 11.6. The maximum Gasteiger partial charge on any atom is 0.277 e. The smallest absolute Gasteiger partial charge is 0.277 e. The average molecular weight is 282 g/mol. The van der Waals surface area contributed by atoms with Crippen LogP contribution in [0.1, 0.15) is 16.7 Å². The minimum Gasteiger partial charge on any atom is -0.484 e. The molecule has 4 heteroatoms. The SMILES string of the molecule is Cc1cccc(C=NNC(=O)COc2cccc(C)c2)c1. The predicted octanol–water partition coefficient (Wildman–Crippen LogP) is 2.83. The highest BCUT2D eigenvalue weighted by Crippen LogP contribution is 2.11. The van der Waals surface area contributed by atoms with E-state index in [1.54, 1.807) is 6.21 Å². The van der Waals surface area contributed by atoms with E-state index in [1.165, 1.54) is 0 Å². The fourth-order valence-electron chi connectivity index (χ4n) is 1.82. The van der Waals surface area contributed by atoms with Gasteiger partial charge in [0.2, 0.25) is 0 Å². The summed E-state index contributed by atoms with van der Waals surface area (Å²) in [6.07, 6.45) is 1.61. The summed E-state index contributed by atoms with van der Waals surface area (Å²) in [5, 5.41) is 3.91. The molecule has 0 saturated heterocycles. The van der Waals surface area contributed by atoms with E-state index in [9.17, 15) is 4.79 Å². The largest absolute Gasteiger partial charge is 0.484 e. The minimum absolute atomic E-state index is 0.0609. The van der Waals surface area contributed by atoms with Crippen LogP contribution in [0.25, 0.3) is 0 Å². The Balaban J connectivity index is 1.80. The van der Waals surface area contributed by atoms with Crippen LogP contribution in [0.5, 0.6) is 5.75 Å². The summed E-state index contributed by atoms with van der Waals surface area (Å²) < 4.78 is 5.38. The molecule has 2 aromatic rings. The van der Waals surface area contributed by atoms with Crippen LogP contribution in [0.2, 0.25) is 0 Å². The van der Waals surface area contributed by atoms with Crippen LogP contribution in [0.4, 0.5) is 0 Å². The summed E-state index contributed by atoms with van der Waals surface area (Å²) in [6.45, 7) is 3.92. The van der Waals surface area contributed by atoms with Gasteiger partial charge < -0.3 is 4.74 Å². The summed E-state index contributed by atoms with van der Waals surface area (Å²) >= 11 is 0. The minimum atomic E-state index is -0.291. The van der Waals surface area contributed by atoms with E-state index < -0.39 is 0 Å². The molecule has 0 fully saturated rings. The standard InChI is InChI=1S/C17H18N2O2/c1-13-5-3-7-15(9-13)11-18-19-17(20)12-21-16-8-4-6-14(2)10-16/h3-11H,12H2,1-2H3,(H,19,20). The zero-order valence-electron chi connectivity index (χ0n) is 12.2. The second kappa shape index (κ2) is 7.24. The Hall–Kier alpha value is -2.62. The van der Waals surface area contributed by atoms with Gasteiger partial charge in [0.15, 0.2) is 6.61 Å². The van der Waals surface area contributed by atoms with Gasteiger partial charge in [0.25, 0.3) is 5.91 Å². The molecule has 0 atom stereocenters. The highest BCUT2D eigenvalue weighted by atomic mass is 16.5. The lowest BCUT2D eigenvalue weighted by Crippen LogP contribution is -2.24. The second-order valence-corrected chi connectivity index (χ2v) is 4.81. The second-order valence-electron chi connectivity index (χ2n) is 4.81. The number of hydrogen-bond donors (Lipinski definition) is 1. The van der Waals surface area contributed by atoms with Crippen molar-refractivity contribution in [1.29, 1.82) is 0 Å². The number of rotatable bonds is 5. The first-order valence-corrected chi connectivity index (χ1v) is 6.71. The van der Waals surface area contributed by atoms with Gasteiger partial charge in [0, 0.05) is 0 Å². The number of amides is 1. The van der Waals surface area contributed by atoms with Crippen molar-refractivity contribution in [2.24, 2.45) is 5.10 Å². The van der Waals surface area contributed by atoms with Crippen LogP contribution in [0.3, 0.4) is 0 Å². The van der Waals surface area contributed by atoms with E-state index in [-0.39, 0.29) is 12.5 Å². The summed E-state index contributed by atoms with van der Waals surface area (Å²) in [5.41, 5.74) is 5.62. The van der Waals surface area contributed by atoms with Gasteiger partial charge in [-0.1, -0.05) is 42.0 Å². The first-order chi connectivity index (χ1) is 10.1. The normalized spacial score (nSPS) is 10.6. The van der Waals surface area contributed by atoms with E-state index in [0.717, 1.165) is 16.7 Å². The summed E-state index contributed by atoms with van der Waals surface area (Å²) in [4.78, 5) is 11.6. The number of carbonyl (C=O) groups excluding carboxylic acids is 1. The van der Waals surface area contributed by atoms with Crippen molar-refractivity contribution in [3.63, 3.8) is 0 Å². The van der Waals surface area contributed by atoms with Gasteiger partial charge in [-0.3, -0.25) is 4.79 Å². The topological polar surface area (TPSA) is 50.7 Å². The number of carbonyl (C=O) groups is 1. The van der Waals surface area contributed by atoms with E-state index in [4.69, 9.17) is 4.74 Å². The number of hydrazone groups is 1. The highest BCUT2D eigenvalue weighted by Gasteiger charge is 2.01. The van der Waals surface area contributed by atoms with Gasteiger partial charge in [0.1, 0.15) is 5.75 Å². The molecule has 0 spiro atoms. The summed E-state index contributed by atoms with van der Waals surface area (Å²) in [5.74, 6) is 0.383. The van der Waals surface area contributed by atoms with Gasteiger partial charge in [-0.15, -0.1) is 0 Å². The van der Waals surface area contributed by atoms with Gasteiger partial charge in [-0.2, -0.15) is 5.10 Å². The Labute approximate surface area is 124 Å². The maximum absolute atomic E-state index is 11.6. The lowest BCUT2D eigenvalue weighted by Gasteiger charge is -2.05. The zero-order chi connectivity index (χ0) is 15.1. The molecule has 2 aromatic carbocycles. The molecule has 21 heavy (non-hydrogen) atoms. The van der Waals surface area contributed by atoms with Crippen molar-refractivity contribution < 1.29 is 9.53 Å². The quantitative estimate of drug-likeness (QED) is 0.677. The molecule has 0 aliphatic rings. The first-order valence-electron chi connectivity index (χ1n) is 6.71. The van der Waals surface area contributed by atoms with Crippen molar-refractivity contribution in [3.05, 3.63) is 65.2 Å². The molecule has 1 N–H and O–H groups in total. The number of aryl methyl sites for hydroxylation is 2. The first kappa shape index (κ1) is 14.8. The number of benzene rings is 2. The Morgan fingerprint density at radius 3 is 2.57 bits per heavy atom. The molecule has 0 aliphatic carbocycles. The van der Waals surface area contributed by atoms with Crippen molar-refractivity contribution in [1.82, 2.24) is 5.43 Å². The van der Waals surface area contributed by atoms with E-state index in [1.807, 2.05) is 62.4 Å². The van der Waals surface area contributed by atoms with Gasteiger partial charge >= 0.3 is 0 Å². The van der Waals surface area contributed by atoms with E-state index in [2.05, 4.69) is 10.5 Å². The number of nitrogens with one attached hydrogen (secondary N) is 1. The molecule has 0 unspecified atom stereocenters. The summed E-state index contributed by atoms with van der Waals surface area (Å²) in [7, 11) is 0. The number of nitrogens with zero attached hydrogens (tertiary/aromatic N) is 1. The molecule has 0 heterocycles. The van der Waals surface area contributed by atoms with Crippen LogP contribution >= 0.6 is 0 Å². The van der Waals surface area contributed by atoms with Gasteiger partial charge in [-0.05, 0) is 37.1 Å². The van der Waals surface area contributed by atoms with Gasteiger partial charge in [0.05, 0.1) is 6.21 Å². The van der Waals surface area contributed by atoms with Crippen molar-refractivity contribution in [2.45, 2.75) is 13.8 Å². The van der Waals surface area contributed by atoms with Crippen LogP contribution < -0.4 is 10.2 Å². The molecule has 108 valence electrons. The Morgan fingerprint density at radius 1 is 1.14 bits per heavy atom. The molecule has 1 amide bonds. The van der Waals surface area contributed by atoms with Crippen LogP contribution in [-0.4, -0.2) is 18.7 Å². The fourth-order valence-corrected chi connectivity index (χ4v) is 1.82. The molecule has 2 rings (SSSR count). The zero-order valence-corrected chi connectivity index (χ0v) is 12.2. The summed E-state index contributed by atoms with van der Waals surface area (Å²) in [6, 6.07) is 15.4.